The van der Waals surface area contributed by atoms with Crippen LogP contribution in [0.5, 0.6) is 5.75 Å². The van der Waals surface area contributed by atoms with E-state index >= 15 is 0 Å². The highest BCUT2D eigenvalue weighted by Gasteiger charge is 2.43. The summed E-state index contributed by atoms with van der Waals surface area (Å²) in [6, 6.07) is 7.11. The molecule has 4 nitrogen and oxygen atoms in total. The molecular formula is C14H14Cl2N2O2. The van der Waals surface area contributed by atoms with Crippen molar-refractivity contribution in [2.24, 2.45) is 5.92 Å². The van der Waals surface area contributed by atoms with E-state index in [1.54, 1.807) is 25.1 Å². The van der Waals surface area contributed by atoms with Crippen LogP contribution in [-0.2, 0) is 4.79 Å². The second-order valence-corrected chi connectivity index (χ2v) is 5.76. The van der Waals surface area contributed by atoms with Gasteiger partial charge in [0.15, 0.2) is 6.61 Å². The molecule has 1 N–H and O–H groups in total. The monoisotopic (exact) mass is 312 g/mol. The number of nitrogens with one attached hydrogen (secondary N) is 1. The van der Waals surface area contributed by atoms with Crippen LogP contribution >= 0.6 is 23.2 Å². The third-order valence-electron chi connectivity index (χ3n) is 3.30. The molecule has 1 aliphatic rings. The van der Waals surface area contributed by atoms with Gasteiger partial charge in [-0.05, 0) is 37.8 Å². The zero-order valence-electron chi connectivity index (χ0n) is 11.0. The zero-order chi connectivity index (χ0) is 14.8. The summed E-state index contributed by atoms with van der Waals surface area (Å²) in [5, 5.41) is 12.5. The van der Waals surface area contributed by atoms with E-state index in [4.69, 9.17) is 33.2 Å². The summed E-state index contributed by atoms with van der Waals surface area (Å²) in [6.07, 6.45) is 1.93. The maximum atomic E-state index is 11.9. The van der Waals surface area contributed by atoms with Crippen molar-refractivity contribution < 1.29 is 9.53 Å². The molecule has 106 valence electrons. The third-order valence-corrected chi connectivity index (χ3v) is 4.10. The summed E-state index contributed by atoms with van der Waals surface area (Å²) in [6.45, 7) is 1.53. The van der Waals surface area contributed by atoms with Crippen LogP contribution in [-0.4, -0.2) is 18.1 Å². The smallest absolute Gasteiger partial charge is 0.259 e. The molecule has 1 aromatic rings. The van der Waals surface area contributed by atoms with Gasteiger partial charge in [0.1, 0.15) is 16.3 Å². The number of halogens is 2. The van der Waals surface area contributed by atoms with E-state index < -0.39 is 5.54 Å². The van der Waals surface area contributed by atoms with E-state index in [2.05, 4.69) is 11.4 Å². The zero-order valence-corrected chi connectivity index (χ0v) is 12.5. The third kappa shape index (κ3) is 3.36. The highest BCUT2D eigenvalue weighted by Crippen LogP contribution is 2.39. The van der Waals surface area contributed by atoms with Crippen molar-refractivity contribution in [3.8, 4) is 11.8 Å². The molecule has 1 atom stereocenters. The first-order valence-corrected chi connectivity index (χ1v) is 7.01. The molecule has 0 unspecified atom stereocenters. The highest BCUT2D eigenvalue weighted by molar-refractivity contribution is 6.42. The number of hydrogen-bond acceptors (Lipinski definition) is 3. The van der Waals surface area contributed by atoms with Crippen molar-refractivity contribution in [1.29, 1.82) is 5.26 Å². The van der Waals surface area contributed by atoms with Gasteiger partial charge in [-0.3, -0.25) is 4.79 Å². The van der Waals surface area contributed by atoms with Gasteiger partial charge >= 0.3 is 0 Å². The molecule has 0 radical (unpaired) electrons. The van der Waals surface area contributed by atoms with E-state index in [9.17, 15) is 4.79 Å². The Morgan fingerprint density at radius 1 is 1.55 bits per heavy atom. The first-order chi connectivity index (χ1) is 9.46. The Bertz CT molecular complexity index is 567. The predicted molar refractivity (Wildman–Crippen MR) is 76.8 cm³/mol. The lowest BCUT2D eigenvalue weighted by molar-refractivity contribution is -0.124. The molecule has 20 heavy (non-hydrogen) atoms. The van der Waals surface area contributed by atoms with Crippen molar-refractivity contribution in [1.82, 2.24) is 5.32 Å². The Balaban J connectivity index is 1.92. The van der Waals surface area contributed by atoms with Gasteiger partial charge in [-0.2, -0.15) is 5.26 Å². The Morgan fingerprint density at radius 2 is 2.25 bits per heavy atom. The molecule has 0 bridgehead atoms. The number of carbonyl (C=O) groups is 1. The molecule has 1 fully saturated rings. The molecule has 0 aromatic heterocycles. The van der Waals surface area contributed by atoms with Crippen LogP contribution in [0.15, 0.2) is 18.2 Å². The van der Waals surface area contributed by atoms with Crippen molar-refractivity contribution in [2.75, 3.05) is 6.61 Å². The van der Waals surface area contributed by atoms with Crippen LogP contribution in [0, 0.1) is 17.2 Å². The lowest BCUT2D eigenvalue weighted by atomic mass is 9.98. The summed E-state index contributed by atoms with van der Waals surface area (Å²) >= 11 is 11.8. The average molecular weight is 313 g/mol. The summed E-state index contributed by atoms with van der Waals surface area (Å²) < 4.78 is 5.33. The first-order valence-electron chi connectivity index (χ1n) is 6.25. The minimum Gasteiger partial charge on any atom is -0.482 e. The van der Waals surface area contributed by atoms with E-state index in [0.717, 1.165) is 12.8 Å². The van der Waals surface area contributed by atoms with Crippen LogP contribution in [0.4, 0.5) is 0 Å². The number of nitrogens with zero attached hydrogens (tertiary/aromatic N) is 1. The van der Waals surface area contributed by atoms with Crippen molar-refractivity contribution >= 4 is 29.1 Å². The average Bonchev–Trinajstić information content (AvgIpc) is 3.25. The van der Waals surface area contributed by atoms with Gasteiger partial charge in [0, 0.05) is 0 Å². The quantitative estimate of drug-likeness (QED) is 0.908. The lowest BCUT2D eigenvalue weighted by Crippen LogP contribution is -2.48. The second kappa shape index (κ2) is 5.90. The molecule has 6 heteroatoms. The molecule has 1 aromatic carbocycles. The Hall–Kier alpha value is -1.44. The first kappa shape index (κ1) is 15.0. The van der Waals surface area contributed by atoms with Crippen LogP contribution in [0.25, 0.3) is 0 Å². The number of amides is 1. The minimum atomic E-state index is -0.821. The molecule has 0 spiro atoms. The fourth-order valence-corrected chi connectivity index (χ4v) is 2.29. The van der Waals surface area contributed by atoms with Gasteiger partial charge in [0.25, 0.3) is 5.91 Å². The number of hydrogen-bond donors (Lipinski definition) is 1. The largest absolute Gasteiger partial charge is 0.482 e. The fraction of sp³-hybridized carbons (Fsp3) is 0.429. The van der Waals surface area contributed by atoms with Gasteiger partial charge in [-0.25, -0.2) is 0 Å². The Labute approximate surface area is 127 Å². The van der Waals surface area contributed by atoms with Gasteiger partial charge in [0.05, 0.1) is 11.1 Å². The van der Waals surface area contributed by atoms with Gasteiger partial charge in [-0.1, -0.05) is 29.3 Å². The van der Waals surface area contributed by atoms with Crippen LogP contribution in [0.1, 0.15) is 19.8 Å². The Kier molecular flexibility index (Phi) is 4.42. The molecule has 0 saturated heterocycles. The summed E-state index contributed by atoms with van der Waals surface area (Å²) in [7, 11) is 0. The molecule has 1 aliphatic carbocycles. The topological polar surface area (TPSA) is 62.1 Å². The predicted octanol–water partition coefficient (Wildman–Crippen LogP) is 3.18. The number of ether oxygens (including phenoxy) is 1. The molecule has 2 rings (SSSR count). The Morgan fingerprint density at radius 3 is 2.85 bits per heavy atom. The maximum absolute atomic E-state index is 11.9. The summed E-state index contributed by atoms with van der Waals surface area (Å²) in [4.78, 5) is 11.9. The minimum absolute atomic E-state index is 0.204. The van der Waals surface area contributed by atoms with Gasteiger partial charge in [0.2, 0.25) is 0 Å². The molecule has 1 saturated carbocycles. The molecule has 1 amide bonds. The molecule has 0 heterocycles. The fourth-order valence-electron chi connectivity index (χ4n) is 1.95. The number of nitriles is 1. The van der Waals surface area contributed by atoms with Gasteiger partial charge < -0.3 is 10.1 Å². The van der Waals surface area contributed by atoms with Crippen LogP contribution in [0.2, 0.25) is 10.0 Å². The van der Waals surface area contributed by atoms with E-state index in [-0.39, 0.29) is 23.5 Å². The molecule has 0 aliphatic heterocycles. The van der Waals surface area contributed by atoms with E-state index in [0.29, 0.717) is 10.8 Å². The van der Waals surface area contributed by atoms with Crippen molar-refractivity contribution in [2.45, 2.75) is 25.3 Å². The summed E-state index contributed by atoms with van der Waals surface area (Å²) in [5.74, 6) is 0.225. The van der Waals surface area contributed by atoms with Crippen molar-refractivity contribution in [3.63, 3.8) is 0 Å². The maximum Gasteiger partial charge on any atom is 0.259 e. The second-order valence-electron chi connectivity index (χ2n) is 4.98. The van der Waals surface area contributed by atoms with E-state index in [1.165, 1.54) is 0 Å². The highest BCUT2D eigenvalue weighted by atomic mass is 35.5. The van der Waals surface area contributed by atoms with E-state index in [1.807, 2.05) is 0 Å². The lowest BCUT2D eigenvalue weighted by Gasteiger charge is -2.22. The van der Waals surface area contributed by atoms with Crippen molar-refractivity contribution in [3.05, 3.63) is 28.2 Å². The molecular weight excluding hydrogens is 299 g/mol. The van der Waals surface area contributed by atoms with Crippen LogP contribution < -0.4 is 10.1 Å². The number of carbonyl (C=O) groups excluding carboxylic acids is 1. The summed E-state index contributed by atoms with van der Waals surface area (Å²) in [5.41, 5.74) is -0.821. The standard InChI is InChI=1S/C14H14Cl2N2O2/c1-14(8-17,9-5-6-9)18-12(19)7-20-11-4-2-3-10(15)13(11)16/h2-4,9H,5-7H2,1H3,(H,18,19)/t14-/m1/s1. The number of benzene rings is 1. The normalized spacial score (nSPS) is 16.9. The van der Waals surface area contributed by atoms with Gasteiger partial charge in [-0.15, -0.1) is 0 Å². The van der Waals surface area contributed by atoms with Crippen LogP contribution in [0.3, 0.4) is 0 Å². The number of rotatable bonds is 5. The SMILES string of the molecule is C[C@](C#N)(NC(=O)COc1cccc(Cl)c1Cl)C1CC1.